The first-order valence-electron chi connectivity index (χ1n) is 4.63. The van der Waals surface area contributed by atoms with E-state index in [0.29, 0.717) is 0 Å². The average molecular weight is 186 g/mol. The maximum absolute atomic E-state index is 11.0. The van der Waals surface area contributed by atoms with Crippen LogP contribution in [0.25, 0.3) is 0 Å². The number of aliphatic hydroxyl groups is 1. The Balaban J connectivity index is 1.98. The number of carbonyl (C=O) groups excluding carboxylic acids is 1. The standard InChI is InChI=1S/C9H14O4/c1-12-9(11)8(10)6-4-5-2-3-7(6)13-5/h5-8,10H,2-4H2,1H3. The average Bonchev–Trinajstić information content (AvgIpc) is 2.76. The Hall–Kier alpha value is -0.610. The second kappa shape index (κ2) is 3.27. The van der Waals surface area contributed by atoms with E-state index in [1.165, 1.54) is 7.11 Å². The summed E-state index contributed by atoms with van der Waals surface area (Å²) in [5.41, 5.74) is 0. The molecule has 2 fully saturated rings. The first-order valence-corrected chi connectivity index (χ1v) is 4.63. The minimum absolute atomic E-state index is 0.0498. The van der Waals surface area contributed by atoms with Crippen molar-refractivity contribution in [3.63, 3.8) is 0 Å². The first kappa shape index (κ1) is 8.97. The van der Waals surface area contributed by atoms with Gasteiger partial charge in [0.1, 0.15) is 0 Å². The molecular weight excluding hydrogens is 172 g/mol. The number of aliphatic hydroxyl groups excluding tert-OH is 1. The molecule has 13 heavy (non-hydrogen) atoms. The summed E-state index contributed by atoms with van der Waals surface area (Å²) in [4.78, 5) is 11.0. The molecule has 0 saturated carbocycles. The highest BCUT2D eigenvalue weighted by Gasteiger charge is 2.46. The minimum atomic E-state index is -1.000. The number of hydrogen-bond acceptors (Lipinski definition) is 4. The number of fused-ring (bicyclic) bond motifs is 2. The molecule has 0 aromatic heterocycles. The fourth-order valence-corrected chi connectivity index (χ4v) is 2.30. The van der Waals surface area contributed by atoms with Crippen molar-refractivity contribution in [3.05, 3.63) is 0 Å². The van der Waals surface area contributed by atoms with Gasteiger partial charge in [-0.3, -0.25) is 0 Å². The molecule has 0 amide bonds. The third-order valence-corrected chi connectivity index (χ3v) is 3.00. The first-order chi connectivity index (χ1) is 6.22. The van der Waals surface area contributed by atoms with E-state index in [9.17, 15) is 9.90 Å². The highest BCUT2D eigenvalue weighted by Crippen LogP contribution is 2.40. The zero-order valence-corrected chi connectivity index (χ0v) is 7.60. The van der Waals surface area contributed by atoms with Gasteiger partial charge in [0.05, 0.1) is 19.3 Å². The van der Waals surface area contributed by atoms with Gasteiger partial charge < -0.3 is 14.6 Å². The number of hydrogen-bond donors (Lipinski definition) is 1. The molecule has 4 atom stereocenters. The molecule has 2 aliphatic rings. The Morgan fingerprint density at radius 2 is 2.38 bits per heavy atom. The molecule has 1 N–H and O–H groups in total. The molecule has 0 radical (unpaired) electrons. The Labute approximate surface area is 76.8 Å². The normalized spacial score (nSPS) is 39.1. The highest BCUT2D eigenvalue weighted by atomic mass is 16.5. The predicted octanol–water partition coefficient (Wildman–Crippen LogP) is 0.0878. The van der Waals surface area contributed by atoms with Gasteiger partial charge in [-0.05, 0) is 19.3 Å². The maximum Gasteiger partial charge on any atom is 0.335 e. The molecule has 0 spiro atoms. The second-order valence-electron chi connectivity index (χ2n) is 3.74. The lowest BCUT2D eigenvalue weighted by Gasteiger charge is -2.21. The molecule has 2 saturated heterocycles. The van der Waals surface area contributed by atoms with Crippen LogP contribution in [0.4, 0.5) is 0 Å². The van der Waals surface area contributed by atoms with Crippen molar-refractivity contribution >= 4 is 5.97 Å². The van der Waals surface area contributed by atoms with E-state index in [1.807, 2.05) is 0 Å². The van der Waals surface area contributed by atoms with Crippen molar-refractivity contribution in [2.45, 2.75) is 37.6 Å². The molecule has 4 unspecified atom stereocenters. The van der Waals surface area contributed by atoms with Gasteiger partial charge in [0, 0.05) is 5.92 Å². The van der Waals surface area contributed by atoms with Gasteiger partial charge in [-0.25, -0.2) is 4.79 Å². The van der Waals surface area contributed by atoms with Crippen molar-refractivity contribution in [2.75, 3.05) is 7.11 Å². The van der Waals surface area contributed by atoms with Gasteiger partial charge in [0.15, 0.2) is 6.10 Å². The molecule has 2 aliphatic heterocycles. The quantitative estimate of drug-likeness (QED) is 0.621. The van der Waals surface area contributed by atoms with Crippen LogP contribution in [0.3, 0.4) is 0 Å². The zero-order chi connectivity index (χ0) is 9.42. The number of methoxy groups -OCH3 is 1. The summed E-state index contributed by atoms with van der Waals surface area (Å²) in [6.45, 7) is 0. The fraction of sp³-hybridized carbons (Fsp3) is 0.889. The van der Waals surface area contributed by atoms with Gasteiger partial charge in [-0.15, -0.1) is 0 Å². The lowest BCUT2D eigenvalue weighted by molar-refractivity contribution is -0.154. The Morgan fingerprint density at radius 3 is 2.85 bits per heavy atom. The molecule has 74 valence electrons. The van der Waals surface area contributed by atoms with E-state index >= 15 is 0 Å². The zero-order valence-electron chi connectivity index (χ0n) is 7.60. The summed E-state index contributed by atoms with van der Waals surface area (Å²) in [5.74, 6) is -0.590. The summed E-state index contributed by atoms with van der Waals surface area (Å²) in [6, 6.07) is 0. The molecule has 4 nitrogen and oxygen atoms in total. The van der Waals surface area contributed by atoms with Gasteiger partial charge in [-0.1, -0.05) is 0 Å². The van der Waals surface area contributed by atoms with Crippen molar-refractivity contribution in [2.24, 2.45) is 5.92 Å². The second-order valence-corrected chi connectivity index (χ2v) is 3.74. The number of rotatable bonds is 2. The Bertz CT molecular complexity index is 216. The maximum atomic E-state index is 11.0. The van der Waals surface area contributed by atoms with Gasteiger partial charge >= 0.3 is 5.97 Å². The minimum Gasteiger partial charge on any atom is -0.467 e. The van der Waals surface area contributed by atoms with Crippen LogP contribution >= 0.6 is 0 Å². The SMILES string of the molecule is COC(=O)C(O)C1CC2CCC1O2. The van der Waals surface area contributed by atoms with E-state index in [-0.39, 0.29) is 18.1 Å². The fourth-order valence-electron chi connectivity index (χ4n) is 2.30. The molecule has 2 rings (SSSR count). The van der Waals surface area contributed by atoms with Crippen LogP contribution < -0.4 is 0 Å². The summed E-state index contributed by atoms with van der Waals surface area (Å²) in [6.07, 6.45) is 2.15. The van der Waals surface area contributed by atoms with E-state index in [0.717, 1.165) is 19.3 Å². The topological polar surface area (TPSA) is 55.8 Å². The van der Waals surface area contributed by atoms with E-state index in [2.05, 4.69) is 4.74 Å². The molecular formula is C9H14O4. The van der Waals surface area contributed by atoms with Crippen LogP contribution in [-0.4, -0.2) is 36.5 Å². The van der Waals surface area contributed by atoms with Crippen LogP contribution in [0.2, 0.25) is 0 Å². The largest absolute Gasteiger partial charge is 0.467 e. The summed E-state index contributed by atoms with van der Waals surface area (Å²) >= 11 is 0. The summed E-state index contributed by atoms with van der Waals surface area (Å²) in [7, 11) is 1.29. The molecule has 2 heterocycles. The molecule has 0 aromatic carbocycles. The smallest absolute Gasteiger partial charge is 0.335 e. The van der Waals surface area contributed by atoms with Crippen LogP contribution in [0, 0.1) is 5.92 Å². The van der Waals surface area contributed by atoms with Crippen molar-refractivity contribution < 1.29 is 19.4 Å². The predicted molar refractivity (Wildman–Crippen MR) is 44.0 cm³/mol. The number of esters is 1. The lowest BCUT2D eigenvalue weighted by Crippen LogP contribution is -2.36. The highest BCUT2D eigenvalue weighted by molar-refractivity contribution is 5.74. The molecule has 4 heteroatoms. The number of carbonyl (C=O) groups is 1. The van der Waals surface area contributed by atoms with E-state index in [1.54, 1.807) is 0 Å². The number of ether oxygens (including phenoxy) is 2. The van der Waals surface area contributed by atoms with Crippen LogP contribution in [0.1, 0.15) is 19.3 Å². The Kier molecular flexibility index (Phi) is 2.26. The van der Waals surface area contributed by atoms with Crippen LogP contribution in [-0.2, 0) is 14.3 Å². The monoisotopic (exact) mass is 186 g/mol. The van der Waals surface area contributed by atoms with E-state index in [4.69, 9.17) is 4.74 Å². The molecule has 2 bridgehead atoms. The lowest BCUT2D eigenvalue weighted by atomic mass is 9.85. The third-order valence-electron chi connectivity index (χ3n) is 3.00. The van der Waals surface area contributed by atoms with Gasteiger partial charge in [0.2, 0.25) is 0 Å². The molecule has 0 aliphatic carbocycles. The summed E-state index contributed by atoms with van der Waals surface area (Å²) in [5, 5.41) is 9.59. The van der Waals surface area contributed by atoms with Gasteiger partial charge in [0.25, 0.3) is 0 Å². The van der Waals surface area contributed by atoms with E-state index < -0.39 is 12.1 Å². The van der Waals surface area contributed by atoms with Crippen molar-refractivity contribution in [1.82, 2.24) is 0 Å². The Morgan fingerprint density at radius 1 is 1.62 bits per heavy atom. The molecule has 0 aromatic rings. The van der Waals surface area contributed by atoms with Gasteiger partial charge in [-0.2, -0.15) is 0 Å². The van der Waals surface area contributed by atoms with Crippen molar-refractivity contribution in [3.8, 4) is 0 Å². The van der Waals surface area contributed by atoms with Crippen LogP contribution in [0.5, 0.6) is 0 Å². The van der Waals surface area contributed by atoms with Crippen molar-refractivity contribution in [1.29, 1.82) is 0 Å². The third kappa shape index (κ3) is 1.44. The van der Waals surface area contributed by atoms with Crippen LogP contribution in [0.15, 0.2) is 0 Å². The summed E-state index contributed by atoms with van der Waals surface area (Å²) < 4.78 is 10.0.